The number of benzene rings is 1. The van der Waals surface area contributed by atoms with Crippen LogP contribution in [0.1, 0.15) is 24.3 Å². The highest BCUT2D eigenvalue weighted by Gasteiger charge is 2.12. The summed E-state index contributed by atoms with van der Waals surface area (Å²) in [5, 5.41) is 10.8. The van der Waals surface area contributed by atoms with Gasteiger partial charge in [-0.2, -0.15) is 0 Å². The van der Waals surface area contributed by atoms with E-state index in [1.165, 1.54) is 0 Å². The highest BCUT2D eigenvalue weighted by atomic mass is 16.5. The maximum absolute atomic E-state index is 5.81. The number of hydrogen-bond donors (Lipinski definition) is 1. The van der Waals surface area contributed by atoms with Crippen molar-refractivity contribution in [2.45, 2.75) is 27.0 Å². The third kappa shape index (κ3) is 3.48. The van der Waals surface area contributed by atoms with E-state index in [9.17, 15) is 0 Å². The Balaban J connectivity index is 2.18. The number of aryl methyl sites for hydroxylation is 1. The van der Waals surface area contributed by atoms with Gasteiger partial charge in [-0.1, -0.05) is 12.1 Å². The number of aromatic nitrogens is 2. The van der Waals surface area contributed by atoms with E-state index in [1.807, 2.05) is 32.2 Å². The normalized spacial score (nSPS) is 10.6. The minimum Gasteiger partial charge on any atom is -0.490 e. The summed E-state index contributed by atoms with van der Waals surface area (Å²) < 4.78 is 16.7. The number of para-hydroxylation sites is 1. The van der Waals surface area contributed by atoms with Crippen molar-refractivity contribution in [3.05, 3.63) is 35.5 Å². The van der Waals surface area contributed by atoms with Gasteiger partial charge in [-0.15, -0.1) is 10.2 Å². The van der Waals surface area contributed by atoms with Gasteiger partial charge in [0.25, 0.3) is 5.89 Å². The van der Waals surface area contributed by atoms with E-state index in [4.69, 9.17) is 13.9 Å². The number of rotatable bonds is 7. The standard InChI is InChI=1S/C14H19N3O3/c1-4-18-12-7-5-6-11(8-15-3)14(12)19-9-13-17-16-10(2)20-13/h5-7,15H,4,8-9H2,1-3H3. The van der Waals surface area contributed by atoms with Gasteiger partial charge in [-0.3, -0.25) is 0 Å². The van der Waals surface area contributed by atoms with Gasteiger partial charge in [0.15, 0.2) is 18.1 Å². The lowest BCUT2D eigenvalue weighted by Crippen LogP contribution is -2.09. The summed E-state index contributed by atoms with van der Waals surface area (Å²) in [6.07, 6.45) is 0. The van der Waals surface area contributed by atoms with Gasteiger partial charge in [-0.05, 0) is 20.0 Å². The van der Waals surface area contributed by atoms with Gasteiger partial charge in [0, 0.05) is 19.0 Å². The van der Waals surface area contributed by atoms with Crippen LogP contribution in [-0.2, 0) is 13.2 Å². The van der Waals surface area contributed by atoms with Crippen LogP contribution in [0.2, 0.25) is 0 Å². The van der Waals surface area contributed by atoms with Gasteiger partial charge in [0.1, 0.15) is 0 Å². The third-order valence-corrected chi connectivity index (χ3v) is 2.64. The van der Waals surface area contributed by atoms with E-state index in [1.54, 1.807) is 6.92 Å². The highest BCUT2D eigenvalue weighted by Crippen LogP contribution is 2.32. The minimum atomic E-state index is 0.224. The van der Waals surface area contributed by atoms with Crippen molar-refractivity contribution in [2.75, 3.05) is 13.7 Å². The molecule has 0 aliphatic rings. The van der Waals surface area contributed by atoms with Crippen molar-refractivity contribution in [2.24, 2.45) is 0 Å². The van der Waals surface area contributed by atoms with Crippen molar-refractivity contribution < 1.29 is 13.9 Å². The number of ether oxygens (including phenoxy) is 2. The van der Waals surface area contributed by atoms with Crippen molar-refractivity contribution in [1.82, 2.24) is 15.5 Å². The molecule has 20 heavy (non-hydrogen) atoms. The average Bonchev–Trinajstić information content (AvgIpc) is 2.84. The Hall–Kier alpha value is -2.08. The Bertz CT molecular complexity index is 530. The first-order chi connectivity index (χ1) is 9.74. The predicted molar refractivity (Wildman–Crippen MR) is 73.7 cm³/mol. The summed E-state index contributed by atoms with van der Waals surface area (Å²) in [4.78, 5) is 0. The molecule has 6 nitrogen and oxygen atoms in total. The van der Waals surface area contributed by atoms with Crippen molar-refractivity contribution >= 4 is 0 Å². The molecular formula is C14H19N3O3. The monoisotopic (exact) mass is 277 g/mol. The molecule has 108 valence electrons. The first-order valence-corrected chi connectivity index (χ1v) is 6.55. The van der Waals surface area contributed by atoms with Gasteiger partial charge in [0.05, 0.1) is 6.61 Å². The van der Waals surface area contributed by atoms with Crippen molar-refractivity contribution in [3.8, 4) is 11.5 Å². The molecule has 0 aliphatic heterocycles. The molecule has 0 radical (unpaired) electrons. The van der Waals surface area contributed by atoms with Gasteiger partial charge >= 0.3 is 0 Å². The molecule has 2 rings (SSSR count). The molecule has 6 heteroatoms. The van der Waals surface area contributed by atoms with Crippen LogP contribution in [0.25, 0.3) is 0 Å². The van der Waals surface area contributed by atoms with Crippen molar-refractivity contribution in [3.63, 3.8) is 0 Å². The van der Waals surface area contributed by atoms with Crippen LogP contribution in [0, 0.1) is 6.92 Å². The Kier molecular flexibility index (Phi) is 4.95. The maximum Gasteiger partial charge on any atom is 0.253 e. The Morgan fingerprint density at radius 1 is 1.25 bits per heavy atom. The molecule has 1 heterocycles. The fraction of sp³-hybridized carbons (Fsp3) is 0.429. The lowest BCUT2D eigenvalue weighted by Gasteiger charge is -2.14. The summed E-state index contributed by atoms with van der Waals surface area (Å²) in [6.45, 7) is 5.19. The van der Waals surface area contributed by atoms with E-state index in [2.05, 4.69) is 15.5 Å². The van der Waals surface area contributed by atoms with E-state index >= 15 is 0 Å². The zero-order chi connectivity index (χ0) is 14.4. The van der Waals surface area contributed by atoms with Crippen LogP contribution in [-0.4, -0.2) is 23.9 Å². The van der Waals surface area contributed by atoms with Gasteiger partial charge < -0.3 is 19.2 Å². The Morgan fingerprint density at radius 3 is 2.75 bits per heavy atom. The first-order valence-electron chi connectivity index (χ1n) is 6.55. The summed E-state index contributed by atoms with van der Waals surface area (Å²) in [5.74, 6) is 2.40. The molecule has 0 spiro atoms. The summed E-state index contributed by atoms with van der Waals surface area (Å²) in [5.41, 5.74) is 1.02. The van der Waals surface area contributed by atoms with Crippen LogP contribution in [0.15, 0.2) is 22.6 Å². The zero-order valence-electron chi connectivity index (χ0n) is 12.0. The minimum absolute atomic E-state index is 0.224. The predicted octanol–water partition coefficient (Wildman–Crippen LogP) is 2.08. The summed E-state index contributed by atoms with van der Waals surface area (Å²) in [7, 11) is 1.89. The molecule has 0 amide bonds. The quantitative estimate of drug-likeness (QED) is 0.835. The van der Waals surface area contributed by atoms with Gasteiger partial charge in [0.2, 0.25) is 5.89 Å². The molecular weight excluding hydrogens is 258 g/mol. The van der Waals surface area contributed by atoms with E-state index < -0.39 is 0 Å². The number of nitrogens with one attached hydrogen (secondary N) is 1. The molecule has 2 aromatic rings. The highest BCUT2D eigenvalue weighted by molar-refractivity contribution is 5.46. The molecule has 0 atom stereocenters. The number of hydrogen-bond acceptors (Lipinski definition) is 6. The molecule has 1 aromatic carbocycles. The SMILES string of the molecule is CCOc1cccc(CNC)c1OCc1nnc(C)o1. The summed E-state index contributed by atoms with van der Waals surface area (Å²) in [6, 6.07) is 5.83. The van der Waals surface area contributed by atoms with E-state index in [0.29, 0.717) is 30.7 Å². The Labute approximate surface area is 118 Å². The average molecular weight is 277 g/mol. The van der Waals surface area contributed by atoms with Crippen LogP contribution in [0.4, 0.5) is 0 Å². The number of nitrogens with zero attached hydrogens (tertiary/aromatic N) is 2. The lowest BCUT2D eigenvalue weighted by atomic mass is 10.2. The molecule has 0 saturated carbocycles. The molecule has 0 fully saturated rings. The van der Waals surface area contributed by atoms with Crippen LogP contribution in [0.3, 0.4) is 0 Å². The zero-order valence-corrected chi connectivity index (χ0v) is 12.0. The summed E-state index contributed by atoms with van der Waals surface area (Å²) >= 11 is 0. The second-order valence-corrected chi connectivity index (χ2v) is 4.21. The topological polar surface area (TPSA) is 69.4 Å². The smallest absolute Gasteiger partial charge is 0.253 e. The second kappa shape index (κ2) is 6.91. The van der Waals surface area contributed by atoms with E-state index in [-0.39, 0.29) is 6.61 Å². The largest absolute Gasteiger partial charge is 0.490 e. The fourth-order valence-corrected chi connectivity index (χ4v) is 1.85. The molecule has 0 unspecified atom stereocenters. The molecule has 1 N–H and O–H groups in total. The third-order valence-electron chi connectivity index (χ3n) is 2.64. The lowest BCUT2D eigenvalue weighted by molar-refractivity contribution is 0.238. The fourth-order valence-electron chi connectivity index (χ4n) is 1.85. The second-order valence-electron chi connectivity index (χ2n) is 4.21. The van der Waals surface area contributed by atoms with E-state index in [0.717, 1.165) is 11.3 Å². The van der Waals surface area contributed by atoms with Gasteiger partial charge in [-0.25, -0.2) is 0 Å². The molecule has 0 bridgehead atoms. The van der Waals surface area contributed by atoms with Crippen LogP contribution >= 0.6 is 0 Å². The molecule has 0 aliphatic carbocycles. The molecule has 0 saturated heterocycles. The first kappa shape index (κ1) is 14.3. The van der Waals surface area contributed by atoms with Crippen LogP contribution in [0.5, 0.6) is 11.5 Å². The van der Waals surface area contributed by atoms with Crippen LogP contribution < -0.4 is 14.8 Å². The molecule has 1 aromatic heterocycles. The Morgan fingerprint density at radius 2 is 2.10 bits per heavy atom. The maximum atomic E-state index is 5.81. The van der Waals surface area contributed by atoms with Crippen molar-refractivity contribution in [1.29, 1.82) is 0 Å².